The van der Waals surface area contributed by atoms with Gasteiger partial charge in [0.2, 0.25) is 5.95 Å². The Hall–Kier alpha value is -2.23. The molecule has 1 aliphatic heterocycles. The summed E-state index contributed by atoms with van der Waals surface area (Å²) in [6, 6.07) is 0.834. The first-order valence-corrected chi connectivity index (χ1v) is 12.4. The first-order chi connectivity index (χ1) is 16.1. The summed E-state index contributed by atoms with van der Waals surface area (Å²) in [6.07, 6.45) is 20.1. The van der Waals surface area contributed by atoms with Crippen LogP contribution in [0.25, 0.3) is 0 Å². The zero-order valence-corrected chi connectivity index (χ0v) is 20.8. The molecule has 2 fully saturated rings. The number of rotatable bonds is 11. The van der Waals surface area contributed by atoms with Gasteiger partial charge < -0.3 is 9.80 Å². The predicted molar refractivity (Wildman–Crippen MR) is 137 cm³/mol. The summed E-state index contributed by atoms with van der Waals surface area (Å²) in [5.74, 6) is 3.14. The van der Waals surface area contributed by atoms with E-state index < -0.39 is 6.67 Å². The van der Waals surface area contributed by atoms with Crippen LogP contribution in [0.15, 0.2) is 30.5 Å². The number of aromatic nitrogens is 2. The average molecular weight is 456 g/mol. The number of terminal acetylenes is 1. The molecular formula is C27H42FN5. The maximum atomic E-state index is 12.0. The number of hydrogen-bond acceptors (Lipinski definition) is 5. The van der Waals surface area contributed by atoms with Gasteiger partial charge in [-0.15, -0.1) is 12.3 Å². The second-order valence-corrected chi connectivity index (χ2v) is 8.66. The molecule has 1 aliphatic carbocycles. The summed E-state index contributed by atoms with van der Waals surface area (Å²) in [7, 11) is 0. The quantitative estimate of drug-likeness (QED) is 0.364. The van der Waals surface area contributed by atoms with Gasteiger partial charge in [0.1, 0.15) is 6.67 Å². The molecule has 3 rings (SSSR count). The second-order valence-electron chi connectivity index (χ2n) is 8.66. The smallest absolute Gasteiger partial charge is 0.225 e. The molecule has 0 atom stereocenters. The summed E-state index contributed by atoms with van der Waals surface area (Å²) < 4.78 is 12.0. The first kappa shape index (κ1) is 27.0. The molecule has 0 amide bonds. The molecular weight excluding hydrogens is 413 g/mol. The fourth-order valence-electron chi connectivity index (χ4n) is 4.18. The number of piperazine rings is 1. The van der Waals surface area contributed by atoms with Crippen LogP contribution in [0, 0.1) is 19.3 Å². The predicted octanol–water partition coefficient (Wildman–Crippen LogP) is 4.44. The van der Waals surface area contributed by atoms with E-state index in [-0.39, 0.29) is 0 Å². The van der Waals surface area contributed by atoms with E-state index in [2.05, 4.69) is 47.0 Å². The van der Waals surface area contributed by atoms with E-state index in [1.807, 2.05) is 12.3 Å². The van der Waals surface area contributed by atoms with Crippen LogP contribution in [0.1, 0.15) is 50.8 Å². The van der Waals surface area contributed by atoms with E-state index in [0.717, 1.165) is 76.3 Å². The fourth-order valence-corrected chi connectivity index (χ4v) is 4.18. The third-order valence-electron chi connectivity index (χ3n) is 6.49. The Kier molecular flexibility index (Phi) is 12.8. The minimum atomic E-state index is -0.400. The van der Waals surface area contributed by atoms with Crippen molar-refractivity contribution in [1.82, 2.24) is 19.8 Å². The lowest BCUT2D eigenvalue weighted by Gasteiger charge is -2.42. The topological polar surface area (TPSA) is 35.5 Å². The number of halogens is 1. The Morgan fingerprint density at radius 1 is 1.18 bits per heavy atom. The van der Waals surface area contributed by atoms with E-state index in [0.29, 0.717) is 0 Å². The molecule has 6 heteroatoms. The number of hydrogen-bond donors (Lipinski definition) is 0. The van der Waals surface area contributed by atoms with Crippen molar-refractivity contribution < 1.29 is 4.39 Å². The van der Waals surface area contributed by atoms with Gasteiger partial charge in [0.15, 0.2) is 0 Å². The van der Waals surface area contributed by atoms with Gasteiger partial charge in [0.05, 0.1) is 0 Å². The van der Waals surface area contributed by atoms with Crippen LogP contribution in [0.5, 0.6) is 0 Å². The number of anilines is 1. The van der Waals surface area contributed by atoms with Gasteiger partial charge in [-0.2, -0.15) is 0 Å². The van der Waals surface area contributed by atoms with Gasteiger partial charge in [-0.05, 0) is 51.6 Å². The largest absolute Gasteiger partial charge is 0.338 e. The van der Waals surface area contributed by atoms with Crippen molar-refractivity contribution in [2.75, 3.05) is 57.4 Å². The van der Waals surface area contributed by atoms with Crippen molar-refractivity contribution in [2.45, 2.75) is 58.9 Å². The third kappa shape index (κ3) is 9.27. The van der Waals surface area contributed by atoms with E-state index in [4.69, 9.17) is 9.97 Å². The van der Waals surface area contributed by atoms with Gasteiger partial charge in [0, 0.05) is 57.2 Å². The highest BCUT2D eigenvalue weighted by Gasteiger charge is 2.28. The van der Waals surface area contributed by atoms with Crippen molar-refractivity contribution in [3.8, 4) is 12.3 Å². The van der Waals surface area contributed by atoms with Crippen LogP contribution in [0.4, 0.5) is 10.3 Å². The van der Waals surface area contributed by atoms with Gasteiger partial charge in [-0.25, -0.2) is 14.4 Å². The van der Waals surface area contributed by atoms with Crippen LogP contribution >= 0.6 is 0 Å². The first-order valence-electron chi connectivity index (χ1n) is 12.4. The number of likely N-dealkylation sites (N-methyl/N-ethyl adjacent to an activating group) is 1. The average Bonchev–Trinajstić information content (AvgIpc) is 2.79. The molecule has 5 nitrogen and oxygen atoms in total. The molecule has 182 valence electrons. The van der Waals surface area contributed by atoms with Gasteiger partial charge >= 0.3 is 0 Å². The lowest BCUT2D eigenvalue weighted by Crippen LogP contribution is -2.52. The lowest BCUT2D eigenvalue weighted by molar-refractivity contribution is 0.120. The van der Waals surface area contributed by atoms with Crippen LogP contribution in [-0.2, 0) is 6.42 Å². The summed E-state index contributed by atoms with van der Waals surface area (Å²) >= 11 is 0. The van der Waals surface area contributed by atoms with E-state index in [1.165, 1.54) is 30.9 Å². The Labute approximate surface area is 200 Å². The zero-order valence-electron chi connectivity index (χ0n) is 20.8. The molecule has 0 N–H and O–H groups in total. The molecule has 1 aromatic heterocycles. The standard InChI is InChI=1S/C24H38FN5.C3H4/c1-3-28(14-8-6-4-5-7-13-25)15-12-22-20-26-24(27-21(22)2)30-18-16-29(17-19-30)23-10-9-11-23;1-3-2/h4-7,20,23H,3,8-19H2,1-2H3;1H,2H3/b6-4-,7-5-;. The van der Waals surface area contributed by atoms with Crippen LogP contribution in [0.2, 0.25) is 0 Å². The molecule has 33 heavy (non-hydrogen) atoms. The lowest BCUT2D eigenvalue weighted by atomic mass is 9.91. The SMILES string of the molecule is C#CC.CCN(CC/C=C\C=C/CF)CCc1cnc(N2CCN(C3CCC3)CC2)nc1C. The molecule has 0 aromatic carbocycles. The Morgan fingerprint density at radius 2 is 1.88 bits per heavy atom. The Bertz CT molecular complexity index is 773. The van der Waals surface area contributed by atoms with Crippen molar-refractivity contribution in [3.05, 3.63) is 41.8 Å². The molecule has 0 unspecified atom stereocenters. The number of aryl methyl sites for hydroxylation is 1. The fraction of sp³-hybridized carbons (Fsp3) is 0.630. The van der Waals surface area contributed by atoms with Gasteiger partial charge in [0.25, 0.3) is 0 Å². The molecule has 0 radical (unpaired) electrons. The van der Waals surface area contributed by atoms with Crippen LogP contribution in [0.3, 0.4) is 0 Å². The third-order valence-corrected chi connectivity index (χ3v) is 6.49. The summed E-state index contributed by atoms with van der Waals surface area (Å²) in [4.78, 5) is 17.0. The summed E-state index contributed by atoms with van der Waals surface area (Å²) in [5.41, 5.74) is 2.35. The van der Waals surface area contributed by atoms with E-state index in [9.17, 15) is 4.39 Å². The summed E-state index contributed by atoms with van der Waals surface area (Å²) in [5, 5.41) is 0. The van der Waals surface area contributed by atoms with Crippen molar-refractivity contribution >= 4 is 5.95 Å². The van der Waals surface area contributed by atoms with Gasteiger partial charge in [-0.3, -0.25) is 4.90 Å². The highest BCUT2D eigenvalue weighted by molar-refractivity contribution is 5.34. The van der Waals surface area contributed by atoms with Gasteiger partial charge in [-0.1, -0.05) is 37.6 Å². The Balaban J connectivity index is 0.00000122. The van der Waals surface area contributed by atoms with Crippen molar-refractivity contribution in [3.63, 3.8) is 0 Å². The maximum Gasteiger partial charge on any atom is 0.225 e. The van der Waals surface area contributed by atoms with Crippen LogP contribution in [-0.4, -0.2) is 78.3 Å². The number of allylic oxidation sites excluding steroid dienone is 3. The minimum Gasteiger partial charge on any atom is -0.338 e. The maximum absolute atomic E-state index is 12.0. The molecule has 1 saturated carbocycles. The summed E-state index contributed by atoms with van der Waals surface area (Å²) in [6.45, 7) is 13.0. The number of nitrogens with zero attached hydrogens (tertiary/aromatic N) is 5. The number of alkyl halides is 1. The zero-order chi connectivity index (χ0) is 23.9. The molecule has 0 spiro atoms. The normalized spacial score (nSPS) is 17.3. The Morgan fingerprint density at radius 3 is 2.45 bits per heavy atom. The molecule has 2 heterocycles. The van der Waals surface area contributed by atoms with Crippen molar-refractivity contribution in [1.29, 1.82) is 0 Å². The molecule has 1 saturated heterocycles. The molecule has 1 aromatic rings. The van der Waals surface area contributed by atoms with Crippen LogP contribution < -0.4 is 4.90 Å². The van der Waals surface area contributed by atoms with E-state index >= 15 is 0 Å². The highest BCUT2D eigenvalue weighted by atomic mass is 19.1. The van der Waals surface area contributed by atoms with Crippen molar-refractivity contribution in [2.24, 2.45) is 0 Å². The molecule has 0 bridgehead atoms. The van der Waals surface area contributed by atoms with E-state index in [1.54, 1.807) is 13.0 Å². The second kappa shape index (κ2) is 15.6. The molecule has 2 aliphatic rings. The highest BCUT2D eigenvalue weighted by Crippen LogP contribution is 2.26. The monoisotopic (exact) mass is 455 g/mol. The minimum absolute atomic E-state index is 0.400.